The maximum absolute atomic E-state index is 11.8. The summed E-state index contributed by atoms with van der Waals surface area (Å²) >= 11 is 9.26. The largest absolute Gasteiger partial charge is 0.375 e. The summed E-state index contributed by atoms with van der Waals surface area (Å²) in [5.74, 6) is -0.267. The Morgan fingerprint density at radius 1 is 1.56 bits per heavy atom. The van der Waals surface area contributed by atoms with E-state index >= 15 is 0 Å². The van der Waals surface area contributed by atoms with Gasteiger partial charge in [-0.05, 0) is 28.1 Å². The van der Waals surface area contributed by atoms with E-state index in [2.05, 4.69) is 26.6 Å². The van der Waals surface area contributed by atoms with Crippen LogP contribution in [0, 0.1) is 0 Å². The topological polar surface area (TPSA) is 61.4 Å². The van der Waals surface area contributed by atoms with Gasteiger partial charge in [-0.1, -0.05) is 17.7 Å². The highest BCUT2D eigenvalue weighted by molar-refractivity contribution is 9.10. The van der Waals surface area contributed by atoms with Gasteiger partial charge in [0.2, 0.25) is 5.91 Å². The van der Waals surface area contributed by atoms with Crippen LogP contribution >= 0.6 is 27.5 Å². The summed E-state index contributed by atoms with van der Waals surface area (Å²) in [6.45, 7) is 0.966. The Balaban J connectivity index is 1.97. The van der Waals surface area contributed by atoms with Crippen LogP contribution in [0.2, 0.25) is 5.02 Å². The molecule has 2 rings (SSSR count). The van der Waals surface area contributed by atoms with Crippen molar-refractivity contribution in [2.24, 2.45) is 0 Å². The molecule has 1 heterocycles. The van der Waals surface area contributed by atoms with Gasteiger partial charge in [0.25, 0.3) is 0 Å². The lowest BCUT2D eigenvalue weighted by molar-refractivity contribution is -0.125. The van der Waals surface area contributed by atoms with E-state index in [1.807, 2.05) is 0 Å². The second-order valence-corrected chi connectivity index (χ2v) is 4.93. The second-order valence-electron chi connectivity index (χ2n) is 3.73. The van der Waals surface area contributed by atoms with Gasteiger partial charge in [-0.25, -0.2) is 4.79 Å². The van der Waals surface area contributed by atoms with E-state index in [0.717, 1.165) is 5.69 Å². The molecule has 1 aliphatic heterocycles. The number of carbonyl (C=O) groups is 2. The summed E-state index contributed by atoms with van der Waals surface area (Å²) in [4.78, 5) is 24.2. The van der Waals surface area contributed by atoms with Crippen LogP contribution in [0.3, 0.4) is 0 Å². The molecule has 2 N–H and O–H groups in total. The first-order valence-corrected chi connectivity index (χ1v) is 6.53. The van der Waals surface area contributed by atoms with Crippen molar-refractivity contribution in [3.63, 3.8) is 0 Å². The predicted molar refractivity (Wildman–Crippen MR) is 72.8 cm³/mol. The number of nitrogens with one attached hydrogen (secondary N) is 2. The minimum absolute atomic E-state index is 0.0480. The number of benzene rings is 1. The van der Waals surface area contributed by atoms with Crippen molar-refractivity contribution in [1.29, 1.82) is 0 Å². The fourth-order valence-electron chi connectivity index (χ4n) is 1.62. The monoisotopic (exact) mass is 331 g/mol. The Hall–Kier alpha value is -1.27. The van der Waals surface area contributed by atoms with Crippen LogP contribution in [0.25, 0.3) is 0 Å². The fraction of sp³-hybridized carbons (Fsp3) is 0.273. The predicted octanol–water partition coefficient (Wildman–Crippen LogP) is 2.07. The van der Waals surface area contributed by atoms with Crippen LogP contribution < -0.4 is 10.6 Å². The third kappa shape index (κ3) is 2.76. The smallest absolute Gasteiger partial charge is 0.324 e. The standard InChI is InChI=1S/C11H11BrClN3O2/c12-10-7(13)2-1-3-8(10)15-6-9(17)16-5-4-14-11(16)18/h1-3,15H,4-6H2,(H,14,18). The lowest BCUT2D eigenvalue weighted by Crippen LogP contribution is -2.38. The summed E-state index contributed by atoms with van der Waals surface area (Å²) in [7, 11) is 0. The molecule has 1 fully saturated rings. The van der Waals surface area contributed by atoms with Gasteiger partial charge < -0.3 is 10.6 Å². The van der Waals surface area contributed by atoms with E-state index < -0.39 is 0 Å². The molecule has 1 aromatic rings. The van der Waals surface area contributed by atoms with Gasteiger partial charge in [0.1, 0.15) is 0 Å². The molecule has 0 radical (unpaired) electrons. The highest BCUT2D eigenvalue weighted by Gasteiger charge is 2.25. The molecule has 18 heavy (non-hydrogen) atoms. The molecule has 1 aliphatic rings. The molecule has 0 bridgehead atoms. The molecular formula is C11H11BrClN3O2. The van der Waals surface area contributed by atoms with Gasteiger partial charge in [0.15, 0.2) is 0 Å². The van der Waals surface area contributed by atoms with Crippen molar-refractivity contribution >= 4 is 45.2 Å². The van der Waals surface area contributed by atoms with Gasteiger partial charge >= 0.3 is 6.03 Å². The summed E-state index contributed by atoms with van der Waals surface area (Å²) < 4.78 is 0.699. The van der Waals surface area contributed by atoms with Crippen molar-refractivity contribution in [2.75, 3.05) is 25.0 Å². The Morgan fingerprint density at radius 3 is 3.00 bits per heavy atom. The molecule has 0 saturated carbocycles. The number of nitrogens with zero attached hydrogens (tertiary/aromatic N) is 1. The molecule has 0 aliphatic carbocycles. The summed E-state index contributed by atoms with van der Waals surface area (Å²) in [6, 6.07) is 4.98. The summed E-state index contributed by atoms with van der Waals surface area (Å²) in [5.41, 5.74) is 0.718. The van der Waals surface area contributed by atoms with E-state index in [0.29, 0.717) is 22.6 Å². The SMILES string of the molecule is O=C(CNc1cccc(Cl)c1Br)N1CCNC1=O. The highest BCUT2D eigenvalue weighted by Crippen LogP contribution is 2.29. The fourth-order valence-corrected chi connectivity index (χ4v) is 2.20. The van der Waals surface area contributed by atoms with Crippen LogP contribution in [0.4, 0.5) is 10.5 Å². The lowest BCUT2D eigenvalue weighted by Gasteiger charge is -2.14. The van der Waals surface area contributed by atoms with Crippen LogP contribution in [-0.4, -0.2) is 36.5 Å². The van der Waals surface area contributed by atoms with E-state index in [4.69, 9.17) is 11.6 Å². The summed E-state index contributed by atoms with van der Waals surface area (Å²) in [6.07, 6.45) is 0. The van der Waals surface area contributed by atoms with Crippen LogP contribution in [0.1, 0.15) is 0 Å². The second kappa shape index (κ2) is 5.58. The number of rotatable bonds is 3. The minimum atomic E-state index is -0.341. The molecule has 5 nitrogen and oxygen atoms in total. The van der Waals surface area contributed by atoms with E-state index in [1.165, 1.54) is 4.90 Å². The first-order valence-electron chi connectivity index (χ1n) is 5.35. The first kappa shape index (κ1) is 13.2. The molecule has 1 aromatic carbocycles. The van der Waals surface area contributed by atoms with Crippen molar-refractivity contribution in [1.82, 2.24) is 10.2 Å². The number of carbonyl (C=O) groups excluding carboxylic acids is 2. The van der Waals surface area contributed by atoms with Gasteiger partial charge in [-0.2, -0.15) is 0 Å². The van der Waals surface area contributed by atoms with Gasteiger partial charge in [0.05, 0.1) is 21.7 Å². The Labute approximate surface area is 118 Å². The van der Waals surface area contributed by atoms with Crippen LogP contribution in [0.5, 0.6) is 0 Å². The molecule has 0 atom stereocenters. The van der Waals surface area contributed by atoms with Crippen molar-refractivity contribution < 1.29 is 9.59 Å². The number of amides is 3. The normalized spacial score (nSPS) is 14.6. The number of urea groups is 1. The Morgan fingerprint density at radius 2 is 2.33 bits per heavy atom. The van der Waals surface area contributed by atoms with E-state index in [9.17, 15) is 9.59 Å². The average Bonchev–Trinajstić information content (AvgIpc) is 2.77. The maximum Gasteiger partial charge on any atom is 0.324 e. The zero-order valence-corrected chi connectivity index (χ0v) is 11.7. The Kier molecular flexibility index (Phi) is 4.08. The van der Waals surface area contributed by atoms with Gasteiger partial charge in [-0.15, -0.1) is 0 Å². The highest BCUT2D eigenvalue weighted by atomic mass is 79.9. The van der Waals surface area contributed by atoms with Crippen molar-refractivity contribution in [2.45, 2.75) is 0 Å². The molecule has 3 amide bonds. The number of imide groups is 1. The molecule has 1 saturated heterocycles. The minimum Gasteiger partial charge on any atom is -0.375 e. The zero-order chi connectivity index (χ0) is 13.1. The third-order valence-corrected chi connectivity index (χ3v) is 3.94. The Bertz CT molecular complexity index is 495. The van der Waals surface area contributed by atoms with Crippen LogP contribution in [0.15, 0.2) is 22.7 Å². The maximum atomic E-state index is 11.8. The van der Waals surface area contributed by atoms with Gasteiger partial charge in [-0.3, -0.25) is 9.69 Å². The third-order valence-electron chi connectivity index (χ3n) is 2.54. The summed E-state index contributed by atoms with van der Waals surface area (Å²) in [5, 5.41) is 6.09. The van der Waals surface area contributed by atoms with Gasteiger partial charge in [0, 0.05) is 13.1 Å². The molecule has 0 spiro atoms. The number of halogens is 2. The van der Waals surface area contributed by atoms with E-state index in [-0.39, 0.29) is 18.5 Å². The average molecular weight is 333 g/mol. The molecule has 0 unspecified atom stereocenters. The van der Waals surface area contributed by atoms with Crippen molar-refractivity contribution in [3.05, 3.63) is 27.7 Å². The van der Waals surface area contributed by atoms with E-state index in [1.54, 1.807) is 18.2 Å². The quantitative estimate of drug-likeness (QED) is 0.891. The number of anilines is 1. The number of hydrogen-bond donors (Lipinski definition) is 2. The lowest BCUT2D eigenvalue weighted by atomic mass is 10.3. The zero-order valence-electron chi connectivity index (χ0n) is 9.37. The molecule has 7 heteroatoms. The number of hydrogen-bond acceptors (Lipinski definition) is 3. The van der Waals surface area contributed by atoms with Crippen molar-refractivity contribution in [3.8, 4) is 0 Å². The molecule has 0 aromatic heterocycles. The van der Waals surface area contributed by atoms with Crippen LogP contribution in [-0.2, 0) is 4.79 Å². The molecular weight excluding hydrogens is 321 g/mol. The molecule has 96 valence electrons. The first-order chi connectivity index (χ1) is 8.59.